The Morgan fingerprint density at radius 2 is 2.00 bits per heavy atom. The summed E-state index contributed by atoms with van der Waals surface area (Å²) in [4.78, 5) is 27.3. The van der Waals surface area contributed by atoms with E-state index in [1.807, 2.05) is 0 Å². The zero-order valence-electron chi connectivity index (χ0n) is 16.7. The van der Waals surface area contributed by atoms with Crippen molar-refractivity contribution < 1.29 is 38.4 Å². The van der Waals surface area contributed by atoms with Gasteiger partial charge in [-0.25, -0.2) is 0 Å². The Morgan fingerprint density at radius 1 is 1.20 bits per heavy atom. The third kappa shape index (κ3) is 4.03. The maximum Gasteiger partial charge on any atom is 0.290 e. The van der Waals surface area contributed by atoms with Crippen LogP contribution in [0.5, 0.6) is 11.5 Å². The molecule has 0 radical (unpaired) electrons. The van der Waals surface area contributed by atoms with E-state index in [9.17, 15) is 14.7 Å². The second-order valence-electron chi connectivity index (χ2n) is 6.41. The van der Waals surface area contributed by atoms with Gasteiger partial charge >= 0.3 is 0 Å². The van der Waals surface area contributed by atoms with Crippen LogP contribution in [0.25, 0.3) is 0 Å². The first-order chi connectivity index (χ1) is 14.5. The van der Waals surface area contributed by atoms with Gasteiger partial charge in [-0.1, -0.05) is 0 Å². The molecule has 0 saturated carbocycles. The Morgan fingerprint density at radius 3 is 2.63 bits per heavy atom. The predicted octanol–water partition coefficient (Wildman–Crippen LogP) is 1.88. The Kier molecular flexibility index (Phi) is 6.76. The average Bonchev–Trinajstić information content (AvgIpc) is 3.38. The summed E-state index contributed by atoms with van der Waals surface area (Å²) in [5.74, 6) is -1.09. The monoisotopic (exact) mass is 417 g/mol. The summed E-state index contributed by atoms with van der Waals surface area (Å²) in [5.41, 5.74) is 0.343. The molecule has 160 valence electrons. The minimum absolute atomic E-state index is 0.00501. The summed E-state index contributed by atoms with van der Waals surface area (Å²) in [7, 11) is 2.96. The van der Waals surface area contributed by atoms with Crippen molar-refractivity contribution in [3.63, 3.8) is 0 Å². The van der Waals surface area contributed by atoms with Gasteiger partial charge in [-0.3, -0.25) is 9.59 Å². The molecule has 1 unspecified atom stereocenters. The number of rotatable bonds is 10. The number of aliphatic hydroxyl groups excluding tert-OH is 2. The van der Waals surface area contributed by atoms with E-state index >= 15 is 0 Å². The first kappa shape index (κ1) is 21.4. The van der Waals surface area contributed by atoms with E-state index in [-0.39, 0.29) is 37.7 Å². The predicted molar refractivity (Wildman–Crippen MR) is 105 cm³/mol. The van der Waals surface area contributed by atoms with Gasteiger partial charge in [0.15, 0.2) is 11.5 Å². The molecule has 0 saturated heterocycles. The number of carbonyl (C=O) groups is 2. The normalized spacial score (nSPS) is 16.3. The van der Waals surface area contributed by atoms with Crippen LogP contribution < -0.4 is 9.47 Å². The second kappa shape index (κ2) is 9.47. The fourth-order valence-corrected chi connectivity index (χ4v) is 3.36. The van der Waals surface area contributed by atoms with Crippen LogP contribution in [0.1, 0.15) is 22.2 Å². The Balaban J connectivity index is 2.08. The van der Waals surface area contributed by atoms with E-state index in [1.54, 1.807) is 24.3 Å². The number of hydrogen-bond acceptors (Lipinski definition) is 8. The number of aliphatic hydroxyl groups is 2. The van der Waals surface area contributed by atoms with Crippen LogP contribution in [0.3, 0.4) is 0 Å². The summed E-state index contributed by atoms with van der Waals surface area (Å²) in [6.07, 6.45) is 1.34. The molecule has 2 aromatic rings. The van der Waals surface area contributed by atoms with Gasteiger partial charge in [-0.05, 0) is 30.3 Å². The molecule has 1 atom stereocenters. The standard InChI is InChI=1S/C21H23NO8/c1-27-13-5-6-15(28-2)14(12-13)18-17(19(24)16-4-3-9-30-16)20(25)21(26)22(18)7-10-29-11-8-23/h3-6,9,12,18,23,25H,7-8,10-11H2,1-2H3. The summed E-state index contributed by atoms with van der Waals surface area (Å²) >= 11 is 0. The summed E-state index contributed by atoms with van der Waals surface area (Å²) < 4.78 is 21.2. The topological polar surface area (TPSA) is 119 Å². The fourth-order valence-electron chi connectivity index (χ4n) is 3.36. The molecule has 2 heterocycles. The van der Waals surface area contributed by atoms with Crippen LogP contribution in [0.15, 0.2) is 52.3 Å². The largest absolute Gasteiger partial charge is 0.503 e. The zero-order chi connectivity index (χ0) is 21.7. The van der Waals surface area contributed by atoms with E-state index in [4.69, 9.17) is 23.7 Å². The number of benzene rings is 1. The summed E-state index contributed by atoms with van der Waals surface area (Å²) in [6.45, 7) is 0.118. The maximum absolute atomic E-state index is 13.1. The molecular weight excluding hydrogens is 394 g/mol. The van der Waals surface area contributed by atoms with Gasteiger partial charge in [0.1, 0.15) is 11.5 Å². The lowest BCUT2D eigenvalue weighted by Crippen LogP contribution is -2.34. The molecule has 30 heavy (non-hydrogen) atoms. The fraction of sp³-hybridized carbons (Fsp3) is 0.333. The molecule has 0 fully saturated rings. The average molecular weight is 417 g/mol. The van der Waals surface area contributed by atoms with Crippen LogP contribution in [0.4, 0.5) is 0 Å². The highest BCUT2D eigenvalue weighted by Gasteiger charge is 2.45. The van der Waals surface area contributed by atoms with Gasteiger partial charge in [0.05, 0.1) is 51.9 Å². The lowest BCUT2D eigenvalue weighted by molar-refractivity contribution is -0.130. The van der Waals surface area contributed by atoms with Crippen LogP contribution in [-0.4, -0.2) is 67.4 Å². The third-order valence-electron chi connectivity index (χ3n) is 4.74. The van der Waals surface area contributed by atoms with Crippen LogP contribution >= 0.6 is 0 Å². The van der Waals surface area contributed by atoms with Crippen molar-refractivity contribution in [3.8, 4) is 11.5 Å². The quantitative estimate of drug-likeness (QED) is 0.444. The number of ether oxygens (including phenoxy) is 3. The SMILES string of the molecule is COc1ccc(OC)c(C2C(C(=O)c3ccco3)=C(O)C(=O)N2CCOCCO)c1. The van der Waals surface area contributed by atoms with Gasteiger partial charge in [0, 0.05) is 12.1 Å². The number of amides is 1. The number of carbonyl (C=O) groups excluding carboxylic acids is 2. The number of methoxy groups -OCH3 is 2. The third-order valence-corrected chi connectivity index (χ3v) is 4.74. The Hall–Kier alpha value is -3.30. The summed E-state index contributed by atoms with van der Waals surface area (Å²) in [5, 5.41) is 19.5. The van der Waals surface area contributed by atoms with Crippen molar-refractivity contribution in [1.29, 1.82) is 0 Å². The minimum Gasteiger partial charge on any atom is -0.503 e. The molecule has 1 aromatic heterocycles. The van der Waals surface area contributed by atoms with Gasteiger partial charge in [0.25, 0.3) is 5.91 Å². The van der Waals surface area contributed by atoms with Crippen molar-refractivity contribution in [1.82, 2.24) is 4.90 Å². The molecule has 9 heteroatoms. The zero-order valence-corrected chi connectivity index (χ0v) is 16.7. The molecule has 0 aliphatic carbocycles. The van der Waals surface area contributed by atoms with E-state index in [2.05, 4.69) is 0 Å². The summed E-state index contributed by atoms with van der Waals surface area (Å²) in [6, 6.07) is 7.04. The first-order valence-electron chi connectivity index (χ1n) is 9.26. The van der Waals surface area contributed by atoms with Gasteiger partial charge in [-0.15, -0.1) is 0 Å². The van der Waals surface area contributed by atoms with Crippen molar-refractivity contribution in [3.05, 3.63) is 59.3 Å². The number of furan rings is 1. The lowest BCUT2D eigenvalue weighted by Gasteiger charge is -2.28. The van der Waals surface area contributed by atoms with Crippen LogP contribution in [0, 0.1) is 0 Å². The van der Waals surface area contributed by atoms with Gasteiger partial charge < -0.3 is 33.7 Å². The Labute approximate surface area is 173 Å². The maximum atomic E-state index is 13.1. The van der Waals surface area contributed by atoms with Crippen molar-refractivity contribution in [2.75, 3.05) is 40.6 Å². The first-order valence-corrected chi connectivity index (χ1v) is 9.26. The highest BCUT2D eigenvalue weighted by atomic mass is 16.5. The lowest BCUT2D eigenvalue weighted by atomic mass is 9.94. The molecule has 1 aliphatic heterocycles. The number of nitrogens with zero attached hydrogens (tertiary/aromatic N) is 1. The molecule has 0 spiro atoms. The number of ketones is 1. The number of Topliss-reactive ketones (excluding diaryl/α,β-unsaturated/α-hetero) is 1. The Bertz CT molecular complexity index is 934. The highest BCUT2D eigenvalue weighted by molar-refractivity contribution is 6.15. The highest BCUT2D eigenvalue weighted by Crippen LogP contribution is 2.43. The number of hydrogen-bond donors (Lipinski definition) is 2. The molecule has 0 bridgehead atoms. The van der Waals surface area contributed by atoms with Crippen LogP contribution in [-0.2, 0) is 9.53 Å². The molecule has 9 nitrogen and oxygen atoms in total. The molecule has 1 aliphatic rings. The van der Waals surface area contributed by atoms with E-state index < -0.39 is 23.5 Å². The van der Waals surface area contributed by atoms with E-state index in [0.29, 0.717) is 17.1 Å². The molecular formula is C21H23NO8. The van der Waals surface area contributed by atoms with Gasteiger partial charge in [0.2, 0.25) is 5.78 Å². The van der Waals surface area contributed by atoms with Crippen molar-refractivity contribution >= 4 is 11.7 Å². The van der Waals surface area contributed by atoms with Crippen molar-refractivity contribution in [2.24, 2.45) is 0 Å². The molecule has 3 rings (SSSR count). The molecule has 2 N–H and O–H groups in total. The van der Waals surface area contributed by atoms with E-state index in [1.165, 1.54) is 31.4 Å². The smallest absolute Gasteiger partial charge is 0.290 e. The second-order valence-corrected chi connectivity index (χ2v) is 6.41. The minimum atomic E-state index is -0.946. The van der Waals surface area contributed by atoms with Crippen molar-refractivity contribution in [2.45, 2.75) is 6.04 Å². The van der Waals surface area contributed by atoms with Crippen LogP contribution in [0.2, 0.25) is 0 Å². The molecule has 1 aromatic carbocycles. The molecule has 1 amide bonds. The van der Waals surface area contributed by atoms with E-state index in [0.717, 1.165) is 0 Å². The van der Waals surface area contributed by atoms with Gasteiger partial charge in [-0.2, -0.15) is 0 Å².